The van der Waals surface area contributed by atoms with Gasteiger partial charge >= 0.3 is 0 Å². The lowest BCUT2D eigenvalue weighted by molar-refractivity contribution is -0.125. The van der Waals surface area contributed by atoms with Crippen molar-refractivity contribution in [2.75, 3.05) is 19.7 Å². The molecule has 2 aliphatic rings. The molecule has 0 bridgehead atoms. The number of hydrogen-bond donors (Lipinski definition) is 2. The molecule has 1 amide bonds. The number of likely N-dealkylation sites (tertiary alicyclic amines) is 1. The largest absolute Gasteiger partial charge is 0.387 e. The SMILES string of the molecule is O=C(CO)N[C@@H]1CCC[C@H]2CN(Cc3ccccc3)C[C@H]21. The third kappa shape index (κ3) is 3.44. The summed E-state index contributed by atoms with van der Waals surface area (Å²) in [4.78, 5) is 14.0. The van der Waals surface area contributed by atoms with Crippen LogP contribution in [-0.2, 0) is 11.3 Å². The molecule has 4 heteroatoms. The third-order valence-corrected chi connectivity index (χ3v) is 4.91. The number of nitrogens with zero attached hydrogens (tertiary/aromatic N) is 1. The van der Waals surface area contributed by atoms with E-state index >= 15 is 0 Å². The molecule has 21 heavy (non-hydrogen) atoms. The molecule has 1 aromatic rings. The zero-order valence-corrected chi connectivity index (χ0v) is 12.4. The lowest BCUT2D eigenvalue weighted by Crippen LogP contribution is -2.46. The van der Waals surface area contributed by atoms with E-state index in [9.17, 15) is 4.79 Å². The minimum atomic E-state index is -0.401. The van der Waals surface area contributed by atoms with E-state index in [1.165, 1.54) is 18.4 Å². The Balaban J connectivity index is 1.61. The highest BCUT2D eigenvalue weighted by molar-refractivity contribution is 5.77. The van der Waals surface area contributed by atoms with E-state index in [-0.39, 0.29) is 11.9 Å². The molecular formula is C17H24N2O2. The van der Waals surface area contributed by atoms with Crippen molar-refractivity contribution in [3.8, 4) is 0 Å². The van der Waals surface area contributed by atoms with Gasteiger partial charge in [-0.1, -0.05) is 36.8 Å². The molecule has 1 aliphatic heterocycles. The minimum Gasteiger partial charge on any atom is -0.387 e. The average Bonchev–Trinajstić information content (AvgIpc) is 2.91. The van der Waals surface area contributed by atoms with Crippen molar-refractivity contribution in [1.29, 1.82) is 0 Å². The van der Waals surface area contributed by atoms with Crippen LogP contribution < -0.4 is 5.32 Å². The van der Waals surface area contributed by atoms with Gasteiger partial charge in [0.1, 0.15) is 6.61 Å². The molecule has 114 valence electrons. The van der Waals surface area contributed by atoms with Gasteiger partial charge in [0, 0.05) is 25.7 Å². The second kappa shape index (κ2) is 6.58. The molecule has 0 spiro atoms. The van der Waals surface area contributed by atoms with Gasteiger partial charge in [-0.15, -0.1) is 0 Å². The van der Waals surface area contributed by atoms with E-state index < -0.39 is 6.61 Å². The molecule has 1 saturated carbocycles. The van der Waals surface area contributed by atoms with Gasteiger partial charge in [0.2, 0.25) is 5.91 Å². The van der Waals surface area contributed by atoms with Crippen molar-refractivity contribution in [3.63, 3.8) is 0 Å². The number of benzene rings is 1. The number of aliphatic hydroxyl groups is 1. The van der Waals surface area contributed by atoms with Crippen LogP contribution in [0, 0.1) is 11.8 Å². The summed E-state index contributed by atoms with van der Waals surface area (Å²) >= 11 is 0. The fraction of sp³-hybridized carbons (Fsp3) is 0.588. The van der Waals surface area contributed by atoms with E-state index in [2.05, 4.69) is 34.5 Å². The molecule has 3 rings (SSSR count). The maximum Gasteiger partial charge on any atom is 0.245 e. The topological polar surface area (TPSA) is 52.6 Å². The number of hydrogen-bond acceptors (Lipinski definition) is 3. The number of carbonyl (C=O) groups excluding carboxylic acids is 1. The van der Waals surface area contributed by atoms with Crippen molar-refractivity contribution in [3.05, 3.63) is 35.9 Å². The van der Waals surface area contributed by atoms with Crippen LogP contribution in [0.2, 0.25) is 0 Å². The first kappa shape index (κ1) is 14.5. The molecule has 4 nitrogen and oxygen atoms in total. The summed E-state index contributed by atoms with van der Waals surface area (Å²) in [6.07, 6.45) is 3.49. The van der Waals surface area contributed by atoms with E-state index in [1.54, 1.807) is 0 Å². The quantitative estimate of drug-likeness (QED) is 0.880. The Hall–Kier alpha value is -1.39. The van der Waals surface area contributed by atoms with Crippen molar-refractivity contribution in [2.24, 2.45) is 11.8 Å². The van der Waals surface area contributed by atoms with E-state index in [0.29, 0.717) is 11.8 Å². The highest BCUT2D eigenvalue weighted by Crippen LogP contribution is 2.36. The van der Waals surface area contributed by atoms with E-state index in [1.807, 2.05) is 6.07 Å². The van der Waals surface area contributed by atoms with Crippen LogP contribution in [0.1, 0.15) is 24.8 Å². The van der Waals surface area contributed by atoms with Gasteiger partial charge in [-0.3, -0.25) is 9.69 Å². The Morgan fingerprint density at radius 3 is 2.81 bits per heavy atom. The lowest BCUT2D eigenvalue weighted by atomic mass is 9.78. The Morgan fingerprint density at radius 1 is 1.24 bits per heavy atom. The molecule has 1 saturated heterocycles. The lowest BCUT2D eigenvalue weighted by Gasteiger charge is -2.33. The van der Waals surface area contributed by atoms with Gasteiger partial charge < -0.3 is 10.4 Å². The normalized spacial score (nSPS) is 29.1. The molecule has 1 heterocycles. The van der Waals surface area contributed by atoms with Gasteiger partial charge in [0.25, 0.3) is 0 Å². The fourth-order valence-corrected chi connectivity index (χ4v) is 3.97. The molecule has 0 aromatic heterocycles. The fourth-order valence-electron chi connectivity index (χ4n) is 3.97. The highest BCUT2D eigenvalue weighted by Gasteiger charge is 2.40. The third-order valence-electron chi connectivity index (χ3n) is 4.91. The molecular weight excluding hydrogens is 264 g/mol. The first-order valence-corrected chi connectivity index (χ1v) is 7.93. The Kier molecular flexibility index (Phi) is 4.56. The van der Waals surface area contributed by atoms with Crippen molar-refractivity contribution >= 4 is 5.91 Å². The Morgan fingerprint density at radius 2 is 2.05 bits per heavy atom. The van der Waals surface area contributed by atoms with Crippen LogP contribution in [0.25, 0.3) is 0 Å². The van der Waals surface area contributed by atoms with Crippen LogP contribution in [-0.4, -0.2) is 41.7 Å². The van der Waals surface area contributed by atoms with Crippen molar-refractivity contribution in [1.82, 2.24) is 10.2 Å². The van der Waals surface area contributed by atoms with Crippen LogP contribution in [0.15, 0.2) is 30.3 Å². The van der Waals surface area contributed by atoms with Gasteiger partial charge in [-0.2, -0.15) is 0 Å². The standard InChI is InChI=1S/C17H24N2O2/c20-12-17(21)18-16-8-4-7-14-10-19(11-15(14)16)9-13-5-2-1-3-6-13/h1-3,5-6,14-16,20H,4,7-12H2,(H,18,21)/t14-,15+,16+/m0/s1. The smallest absolute Gasteiger partial charge is 0.245 e. The highest BCUT2D eigenvalue weighted by atomic mass is 16.3. The van der Waals surface area contributed by atoms with Crippen molar-refractivity contribution in [2.45, 2.75) is 31.8 Å². The predicted molar refractivity (Wildman–Crippen MR) is 81.6 cm³/mol. The second-order valence-electron chi connectivity index (χ2n) is 6.37. The molecule has 3 atom stereocenters. The second-order valence-corrected chi connectivity index (χ2v) is 6.37. The van der Waals surface area contributed by atoms with Crippen LogP contribution >= 0.6 is 0 Å². The maximum absolute atomic E-state index is 11.5. The maximum atomic E-state index is 11.5. The van der Waals surface area contributed by atoms with Crippen molar-refractivity contribution < 1.29 is 9.90 Å². The van der Waals surface area contributed by atoms with Crippen LogP contribution in [0.3, 0.4) is 0 Å². The van der Waals surface area contributed by atoms with Crippen LogP contribution in [0.5, 0.6) is 0 Å². The predicted octanol–water partition coefficient (Wildman–Crippen LogP) is 1.40. The number of amides is 1. The number of nitrogens with one attached hydrogen (secondary N) is 1. The number of fused-ring (bicyclic) bond motifs is 1. The monoisotopic (exact) mass is 288 g/mol. The van der Waals surface area contributed by atoms with E-state index in [4.69, 9.17) is 5.11 Å². The first-order valence-electron chi connectivity index (χ1n) is 7.93. The Labute approximate surface area is 126 Å². The number of rotatable bonds is 4. The molecule has 1 aliphatic carbocycles. The summed E-state index contributed by atoms with van der Waals surface area (Å²) in [6, 6.07) is 10.8. The summed E-state index contributed by atoms with van der Waals surface area (Å²) in [7, 11) is 0. The molecule has 0 unspecified atom stereocenters. The van der Waals surface area contributed by atoms with Crippen LogP contribution in [0.4, 0.5) is 0 Å². The van der Waals surface area contributed by atoms with Gasteiger partial charge in [0.15, 0.2) is 0 Å². The van der Waals surface area contributed by atoms with Gasteiger partial charge in [-0.05, 0) is 30.2 Å². The summed E-state index contributed by atoms with van der Waals surface area (Å²) in [5, 5.41) is 11.9. The number of carbonyl (C=O) groups is 1. The Bertz CT molecular complexity index is 477. The zero-order valence-electron chi connectivity index (χ0n) is 12.4. The minimum absolute atomic E-state index is 0.234. The van der Waals surface area contributed by atoms with Gasteiger partial charge in [0.05, 0.1) is 0 Å². The summed E-state index contributed by atoms with van der Waals surface area (Å²) in [5.41, 5.74) is 1.35. The number of aliphatic hydroxyl groups excluding tert-OH is 1. The molecule has 2 N–H and O–H groups in total. The van der Waals surface area contributed by atoms with Gasteiger partial charge in [-0.25, -0.2) is 0 Å². The average molecular weight is 288 g/mol. The first-order chi connectivity index (χ1) is 10.3. The van der Waals surface area contributed by atoms with E-state index in [0.717, 1.165) is 26.1 Å². The summed E-state index contributed by atoms with van der Waals surface area (Å²) < 4.78 is 0. The molecule has 1 aromatic carbocycles. The summed E-state index contributed by atoms with van der Waals surface area (Å²) in [5.74, 6) is 0.992. The molecule has 2 fully saturated rings. The molecule has 0 radical (unpaired) electrons. The zero-order chi connectivity index (χ0) is 14.7. The summed E-state index contributed by atoms with van der Waals surface area (Å²) in [6.45, 7) is 2.77.